The number of sulfone groups is 1. The van der Waals surface area contributed by atoms with E-state index in [2.05, 4.69) is 10.3 Å². The maximum absolute atomic E-state index is 12.6. The zero-order valence-electron chi connectivity index (χ0n) is 14.6. The van der Waals surface area contributed by atoms with Crippen molar-refractivity contribution in [2.24, 2.45) is 0 Å². The molecule has 2 heterocycles. The fourth-order valence-corrected chi connectivity index (χ4v) is 4.63. The topological polar surface area (TPSA) is 98.5 Å². The van der Waals surface area contributed by atoms with Crippen LogP contribution in [0.15, 0.2) is 75.1 Å². The van der Waals surface area contributed by atoms with Crippen LogP contribution in [0.2, 0.25) is 0 Å². The van der Waals surface area contributed by atoms with E-state index in [1.54, 1.807) is 37.4 Å². The molecular weight excluding hydrogens is 400 g/mol. The Morgan fingerprint density at radius 2 is 1.89 bits per heavy atom. The number of aromatic nitrogens is 1. The van der Waals surface area contributed by atoms with Gasteiger partial charge in [-0.1, -0.05) is 29.5 Å². The summed E-state index contributed by atoms with van der Waals surface area (Å²) in [5.41, 5.74) is 0.716. The van der Waals surface area contributed by atoms with Gasteiger partial charge in [0.1, 0.15) is 5.75 Å². The molecule has 1 N–H and O–H groups in total. The summed E-state index contributed by atoms with van der Waals surface area (Å²) in [5.74, 6) is -0.0114. The van der Waals surface area contributed by atoms with Gasteiger partial charge in [0.15, 0.2) is 10.9 Å². The Morgan fingerprint density at radius 3 is 2.64 bits per heavy atom. The van der Waals surface area contributed by atoms with Gasteiger partial charge >= 0.3 is 0 Å². The maximum atomic E-state index is 12.6. The molecule has 0 unspecified atom stereocenters. The second kappa shape index (κ2) is 7.10. The van der Waals surface area contributed by atoms with Crippen molar-refractivity contribution < 1.29 is 22.4 Å². The molecule has 2 aromatic carbocycles. The van der Waals surface area contributed by atoms with E-state index in [9.17, 15) is 13.2 Å². The molecule has 0 saturated carbocycles. The average molecular weight is 414 g/mol. The normalized spacial score (nSPS) is 11.5. The number of ether oxygens (including phenoxy) is 1. The number of nitrogens with zero attached hydrogens (tertiary/aromatic N) is 1. The molecule has 4 aromatic rings. The van der Waals surface area contributed by atoms with Crippen LogP contribution in [0.25, 0.3) is 10.2 Å². The molecule has 142 valence electrons. The molecule has 9 heteroatoms. The summed E-state index contributed by atoms with van der Waals surface area (Å²) in [6, 6.07) is 15.9. The second-order valence-electron chi connectivity index (χ2n) is 5.74. The predicted molar refractivity (Wildman–Crippen MR) is 105 cm³/mol. The molecule has 4 rings (SSSR count). The Hall–Kier alpha value is -3.17. The molecule has 0 aliphatic heterocycles. The minimum atomic E-state index is -3.83. The van der Waals surface area contributed by atoms with E-state index >= 15 is 0 Å². The van der Waals surface area contributed by atoms with E-state index in [0.717, 1.165) is 4.70 Å². The first kappa shape index (κ1) is 18.2. The van der Waals surface area contributed by atoms with E-state index in [0.29, 0.717) is 16.4 Å². The first-order valence-corrected chi connectivity index (χ1v) is 10.4. The van der Waals surface area contributed by atoms with Gasteiger partial charge in [0, 0.05) is 0 Å². The molecule has 0 spiro atoms. The van der Waals surface area contributed by atoms with Gasteiger partial charge in [-0.3, -0.25) is 10.1 Å². The van der Waals surface area contributed by atoms with Crippen molar-refractivity contribution in [1.82, 2.24) is 4.98 Å². The van der Waals surface area contributed by atoms with E-state index in [1.165, 1.54) is 35.6 Å². The highest BCUT2D eigenvalue weighted by atomic mass is 32.2. The standard InChI is InChI=1S/C19H14N2O5S2/c1-25-12-7-8-14-16(11-12)27-19(20-14)21-18(22)15-9-10-17(26-15)28(23,24)13-5-3-2-4-6-13/h2-11H,1H3,(H,20,21,22). The number of carbonyl (C=O) groups excluding carboxylic acids is 1. The molecule has 2 aromatic heterocycles. The maximum Gasteiger partial charge on any atom is 0.293 e. The summed E-state index contributed by atoms with van der Waals surface area (Å²) in [6.45, 7) is 0. The molecule has 1 amide bonds. The Balaban J connectivity index is 1.57. The van der Waals surface area contributed by atoms with Crippen LogP contribution in [0.5, 0.6) is 5.75 Å². The van der Waals surface area contributed by atoms with Gasteiger partial charge in [-0.15, -0.1) is 0 Å². The van der Waals surface area contributed by atoms with Gasteiger partial charge in [0.2, 0.25) is 14.9 Å². The highest BCUT2D eigenvalue weighted by Crippen LogP contribution is 2.30. The summed E-state index contributed by atoms with van der Waals surface area (Å²) >= 11 is 1.28. The van der Waals surface area contributed by atoms with Crippen LogP contribution < -0.4 is 10.1 Å². The average Bonchev–Trinajstić information content (AvgIpc) is 3.35. The lowest BCUT2D eigenvalue weighted by Gasteiger charge is -2.01. The number of amides is 1. The molecule has 0 aliphatic rings. The van der Waals surface area contributed by atoms with E-state index in [4.69, 9.17) is 9.15 Å². The van der Waals surface area contributed by atoms with Crippen molar-refractivity contribution in [1.29, 1.82) is 0 Å². The number of furan rings is 1. The third-order valence-corrected chi connectivity index (χ3v) is 6.52. The largest absolute Gasteiger partial charge is 0.497 e. The number of rotatable bonds is 5. The van der Waals surface area contributed by atoms with Crippen molar-refractivity contribution in [3.05, 3.63) is 66.4 Å². The van der Waals surface area contributed by atoms with Crippen LogP contribution in [0.3, 0.4) is 0 Å². The smallest absolute Gasteiger partial charge is 0.293 e. The van der Waals surface area contributed by atoms with Crippen LogP contribution >= 0.6 is 11.3 Å². The minimum absolute atomic E-state index is 0.0939. The summed E-state index contributed by atoms with van der Waals surface area (Å²) in [6.07, 6.45) is 0. The lowest BCUT2D eigenvalue weighted by atomic mass is 10.3. The van der Waals surface area contributed by atoms with Gasteiger partial charge in [-0.05, 0) is 42.5 Å². The number of hydrogen-bond acceptors (Lipinski definition) is 7. The van der Waals surface area contributed by atoms with E-state index in [1.807, 2.05) is 6.07 Å². The number of nitrogens with one attached hydrogen (secondary N) is 1. The molecule has 28 heavy (non-hydrogen) atoms. The first-order valence-electron chi connectivity index (χ1n) is 8.13. The summed E-state index contributed by atoms with van der Waals surface area (Å²) < 4.78 is 36.4. The zero-order chi connectivity index (χ0) is 19.7. The number of anilines is 1. The first-order chi connectivity index (χ1) is 13.5. The molecule has 0 saturated heterocycles. The van der Waals surface area contributed by atoms with Crippen LogP contribution in [-0.2, 0) is 9.84 Å². The second-order valence-corrected chi connectivity index (χ2v) is 8.65. The Kier molecular flexibility index (Phi) is 4.62. The third kappa shape index (κ3) is 3.37. The number of fused-ring (bicyclic) bond motifs is 1. The Labute approximate surface area is 164 Å². The summed E-state index contributed by atoms with van der Waals surface area (Å²) in [7, 11) is -2.25. The van der Waals surface area contributed by atoms with Crippen molar-refractivity contribution in [2.45, 2.75) is 9.99 Å². The zero-order valence-corrected chi connectivity index (χ0v) is 16.2. The highest BCUT2D eigenvalue weighted by Gasteiger charge is 2.23. The molecule has 0 aliphatic carbocycles. The lowest BCUT2D eigenvalue weighted by molar-refractivity contribution is 0.0991. The third-order valence-electron chi connectivity index (χ3n) is 3.94. The fourth-order valence-electron chi connectivity index (χ4n) is 2.55. The van der Waals surface area contributed by atoms with Crippen LogP contribution in [0.1, 0.15) is 10.6 Å². The van der Waals surface area contributed by atoms with Gasteiger partial charge in [-0.25, -0.2) is 13.4 Å². The van der Waals surface area contributed by atoms with Crippen molar-refractivity contribution >= 4 is 42.4 Å². The minimum Gasteiger partial charge on any atom is -0.497 e. The van der Waals surface area contributed by atoms with Gasteiger partial charge in [0.05, 0.1) is 22.2 Å². The van der Waals surface area contributed by atoms with Crippen LogP contribution in [-0.4, -0.2) is 26.4 Å². The van der Waals surface area contributed by atoms with E-state index in [-0.39, 0.29) is 15.7 Å². The van der Waals surface area contributed by atoms with Crippen molar-refractivity contribution in [2.75, 3.05) is 12.4 Å². The fraction of sp³-hybridized carbons (Fsp3) is 0.0526. The lowest BCUT2D eigenvalue weighted by Crippen LogP contribution is -2.10. The predicted octanol–water partition coefficient (Wildman–Crippen LogP) is 3.98. The molecule has 0 atom stereocenters. The van der Waals surface area contributed by atoms with Crippen molar-refractivity contribution in [3.63, 3.8) is 0 Å². The van der Waals surface area contributed by atoms with Crippen molar-refractivity contribution in [3.8, 4) is 5.75 Å². The van der Waals surface area contributed by atoms with Gasteiger partial charge in [-0.2, -0.15) is 0 Å². The quantitative estimate of drug-likeness (QED) is 0.530. The van der Waals surface area contributed by atoms with Crippen LogP contribution in [0, 0.1) is 0 Å². The van der Waals surface area contributed by atoms with Gasteiger partial charge in [0.25, 0.3) is 5.91 Å². The number of methoxy groups -OCH3 is 1. The molecule has 7 nitrogen and oxygen atoms in total. The highest BCUT2D eigenvalue weighted by molar-refractivity contribution is 7.91. The monoisotopic (exact) mass is 414 g/mol. The number of carbonyl (C=O) groups is 1. The SMILES string of the molecule is COc1ccc2nc(NC(=O)c3ccc(S(=O)(=O)c4ccccc4)o3)sc2c1. The summed E-state index contributed by atoms with van der Waals surface area (Å²) in [4.78, 5) is 16.9. The Bertz CT molecular complexity index is 1260. The molecule has 0 radical (unpaired) electrons. The molecule has 0 fully saturated rings. The Morgan fingerprint density at radius 1 is 1.11 bits per heavy atom. The van der Waals surface area contributed by atoms with Gasteiger partial charge < -0.3 is 9.15 Å². The number of hydrogen-bond donors (Lipinski definition) is 1. The van der Waals surface area contributed by atoms with Crippen LogP contribution in [0.4, 0.5) is 5.13 Å². The summed E-state index contributed by atoms with van der Waals surface area (Å²) in [5, 5.41) is 2.71. The molecular formula is C19H14N2O5S2. The number of benzene rings is 2. The van der Waals surface area contributed by atoms with E-state index < -0.39 is 15.7 Å². The number of thiazole rings is 1. The molecule has 0 bridgehead atoms.